The molecule has 0 fully saturated rings. The van der Waals surface area contributed by atoms with Gasteiger partial charge in [0, 0.05) is 0 Å². The molecule has 0 aliphatic rings. The summed E-state index contributed by atoms with van der Waals surface area (Å²) in [6.07, 6.45) is 0. The van der Waals surface area contributed by atoms with Gasteiger partial charge < -0.3 is 10.8 Å². The highest BCUT2D eigenvalue weighted by molar-refractivity contribution is 5.14. The van der Waals surface area contributed by atoms with Crippen LogP contribution in [0.1, 0.15) is 5.56 Å². The lowest BCUT2D eigenvalue weighted by atomic mass is 10.2. The molecule has 3 heteroatoms. The SMILES string of the molecule is CN.OCc1ccc(F)cc1. The van der Waals surface area contributed by atoms with Crippen molar-refractivity contribution in [2.45, 2.75) is 6.61 Å². The Morgan fingerprint density at radius 3 is 2.09 bits per heavy atom. The van der Waals surface area contributed by atoms with Gasteiger partial charge in [0.15, 0.2) is 0 Å². The molecule has 62 valence electrons. The Morgan fingerprint density at radius 1 is 1.27 bits per heavy atom. The molecule has 0 saturated heterocycles. The molecule has 1 rings (SSSR count). The predicted molar refractivity (Wildman–Crippen MR) is 42.4 cm³/mol. The van der Waals surface area contributed by atoms with E-state index in [1.54, 1.807) is 12.1 Å². The molecule has 2 nitrogen and oxygen atoms in total. The number of nitrogens with two attached hydrogens (primary N) is 1. The second-order valence-corrected chi connectivity index (χ2v) is 1.78. The van der Waals surface area contributed by atoms with E-state index in [1.165, 1.54) is 19.2 Å². The Morgan fingerprint density at radius 2 is 1.73 bits per heavy atom. The van der Waals surface area contributed by atoms with E-state index in [1.807, 2.05) is 0 Å². The smallest absolute Gasteiger partial charge is 0.123 e. The number of hydrogen-bond donors (Lipinski definition) is 2. The highest BCUT2D eigenvalue weighted by Gasteiger charge is 1.88. The van der Waals surface area contributed by atoms with Crippen molar-refractivity contribution in [3.8, 4) is 0 Å². The van der Waals surface area contributed by atoms with Gasteiger partial charge in [-0.25, -0.2) is 4.39 Å². The Hall–Kier alpha value is -0.930. The molecular formula is C8H12FNO. The van der Waals surface area contributed by atoms with Gasteiger partial charge in [0.2, 0.25) is 0 Å². The van der Waals surface area contributed by atoms with Gasteiger partial charge in [-0.2, -0.15) is 0 Å². The summed E-state index contributed by atoms with van der Waals surface area (Å²) in [6.45, 7) is -0.0275. The van der Waals surface area contributed by atoms with Crippen LogP contribution in [0.3, 0.4) is 0 Å². The first kappa shape index (κ1) is 10.1. The van der Waals surface area contributed by atoms with Gasteiger partial charge in [0.05, 0.1) is 6.61 Å². The predicted octanol–water partition coefficient (Wildman–Crippen LogP) is 0.893. The normalized spacial score (nSPS) is 8.36. The molecule has 0 unspecified atom stereocenters. The first-order valence-corrected chi connectivity index (χ1v) is 3.26. The molecule has 0 aromatic heterocycles. The van der Waals surface area contributed by atoms with Gasteiger partial charge in [-0.05, 0) is 24.7 Å². The average molecular weight is 157 g/mol. The molecule has 1 aromatic rings. The highest BCUT2D eigenvalue weighted by atomic mass is 19.1. The number of halogens is 1. The molecule has 0 aliphatic carbocycles. The maximum absolute atomic E-state index is 12.1. The summed E-state index contributed by atoms with van der Waals surface area (Å²) in [4.78, 5) is 0. The lowest BCUT2D eigenvalue weighted by molar-refractivity contribution is 0.281. The molecule has 0 bridgehead atoms. The van der Waals surface area contributed by atoms with Crippen LogP contribution in [0, 0.1) is 5.82 Å². The minimum absolute atomic E-state index is 0.0275. The summed E-state index contributed by atoms with van der Waals surface area (Å²) in [5.41, 5.74) is 5.23. The average Bonchev–Trinajstić information content (AvgIpc) is 2.10. The fourth-order valence-corrected chi connectivity index (χ4v) is 0.590. The highest BCUT2D eigenvalue weighted by Crippen LogP contribution is 2.00. The largest absolute Gasteiger partial charge is 0.392 e. The third-order valence-electron chi connectivity index (χ3n) is 1.10. The summed E-state index contributed by atoms with van der Waals surface area (Å²) >= 11 is 0. The molecule has 0 heterocycles. The van der Waals surface area contributed by atoms with Gasteiger partial charge in [0.1, 0.15) is 5.82 Å². The monoisotopic (exact) mass is 157 g/mol. The van der Waals surface area contributed by atoms with Gasteiger partial charge in [0.25, 0.3) is 0 Å². The number of hydrogen-bond acceptors (Lipinski definition) is 2. The van der Waals surface area contributed by atoms with E-state index in [-0.39, 0.29) is 12.4 Å². The zero-order valence-corrected chi connectivity index (χ0v) is 6.42. The maximum atomic E-state index is 12.1. The molecule has 0 atom stereocenters. The van der Waals surface area contributed by atoms with Crippen molar-refractivity contribution in [3.05, 3.63) is 35.6 Å². The minimum atomic E-state index is -0.271. The van der Waals surface area contributed by atoms with Gasteiger partial charge in [-0.3, -0.25) is 0 Å². The summed E-state index contributed by atoms with van der Waals surface area (Å²) in [6, 6.07) is 5.75. The zero-order chi connectivity index (χ0) is 8.69. The number of aliphatic hydroxyl groups is 1. The number of benzene rings is 1. The van der Waals surface area contributed by atoms with Gasteiger partial charge >= 0.3 is 0 Å². The second-order valence-electron chi connectivity index (χ2n) is 1.78. The molecule has 3 N–H and O–H groups in total. The van der Waals surface area contributed by atoms with Crippen LogP contribution in [0.25, 0.3) is 0 Å². The third kappa shape index (κ3) is 3.70. The van der Waals surface area contributed by atoms with Crippen molar-refractivity contribution < 1.29 is 9.50 Å². The minimum Gasteiger partial charge on any atom is -0.392 e. The van der Waals surface area contributed by atoms with E-state index in [0.717, 1.165) is 5.56 Å². The number of aliphatic hydroxyl groups excluding tert-OH is 1. The summed E-state index contributed by atoms with van der Waals surface area (Å²) in [7, 11) is 1.50. The van der Waals surface area contributed by atoms with Crippen LogP contribution in [0.4, 0.5) is 4.39 Å². The van der Waals surface area contributed by atoms with Gasteiger partial charge in [-0.1, -0.05) is 12.1 Å². The van der Waals surface area contributed by atoms with Crippen LogP contribution in [-0.2, 0) is 6.61 Å². The molecule has 0 saturated carbocycles. The topological polar surface area (TPSA) is 46.2 Å². The van der Waals surface area contributed by atoms with Crippen molar-refractivity contribution in [1.29, 1.82) is 0 Å². The van der Waals surface area contributed by atoms with E-state index < -0.39 is 0 Å². The molecule has 1 aromatic carbocycles. The Kier molecular flexibility index (Phi) is 5.33. The van der Waals surface area contributed by atoms with Crippen LogP contribution in [0.5, 0.6) is 0 Å². The van der Waals surface area contributed by atoms with Crippen molar-refractivity contribution >= 4 is 0 Å². The molecule has 0 spiro atoms. The van der Waals surface area contributed by atoms with Crippen molar-refractivity contribution in [2.24, 2.45) is 5.73 Å². The van der Waals surface area contributed by atoms with Crippen molar-refractivity contribution in [2.75, 3.05) is 7.05 Å². The molecule has 0 aliphatic heterocycles. The fraction of sp³-hybridized carbons (Fsp3) is 0.250. The Balaban J connectivity index is 0.000000461. The fourth-order valence-electron chi connectivity index (χ4n) is 0.590. The van der Waals surface area contributed by atoms with E-state index in [0.29, 0.717) is 0 Å². The lowest BCUT2D eigenvalue weighted by Crippen LogP contribution is -1.81. The molecule has 0 amide bonds. The Bertz CT molecular complexity index is 186. The first-order chi connectivity index (χ1) is 5.33. The maximum Gasteiger partial charge on any atom is 0.123 e. The third-order valence-corrected chi connectivity index (χ3v) is 1.10. The van der Waals surface area contributed by atoms with Crippen LogP contribution in [-0.4, -0.2) is 12.2 Å². The van der Waals surface area contributed by atoms with Crippen molar-refractivity contribution in [1.82, 2.24) is 0 Å². The standard InChI is InChI=1S/C7H7FO.CH5N/c8-7-3-1-6(5-9)2-4-7;1-2/h1-4,9H,5H2;2H2,1H3. The molecule has 11 heavy (non-hydrogen) atoms. The number of rotatable bonds is 1. The first-order valence-electron chi connectivity index (χ1n) is 3.26. The Labute approximate surface area is 65.5 Å². The van der Waals surface area contributed by atoms with E-state index in [4.69, 9.17) is 5.11 Å². The van der Waals surface area contributed by atoms with E-state index in [9.17, 15) is 4.39 Å². The summed E-state index contributed by atoms with van der Waals surface area (Å²) in [5, 5.41) is 8.51. The van der Waals surface area contributed by atoms with Crippen molar-refractivity contribution in [3.63, 3.8) is 0 Å². The van der Waals surface area contributed by atoms with E-state index >= 15 is 0 Å². The quantitative estimate of drug-likeness (QED) is 0.636. The van der Waals surface area contributed by atoms with Gasteiger partial charge in [-0.15, -0.1) is 0 Å². The van der Waals surface area contributed by atoms with Crippen LogP contribution >= 0.6 is 0 Å². The van der Waals surface area contributed by atoms with Crippen LogP contribution < -0.4 is 5.73 Å². The lowest BCUT2D eigenvalue weighted by Gasteiger charge is -1.91. The molecular weight excluding hydrogens is 145 g/mol. The van der Waals surface area contributed by atoms with Crippen LogP contribution in [0.15, 0.2) is 24.3 Å². The summed E-state index contributed by atoms with van der Waals surface area (Å²) in [5.74, 6) is -0.271. The van der Waals surface area contributed by atoms with E-state index in [2.05, 4.69) is 5.73 Å². The van der Waals surface area contributed by atoms with Crippen LogP contribution in [0.2, 0.25) is 0 Å². The zero-order valence-electron chi connectivity index (χ0n) is 6.42. The molecule has 0 radical (unpaired) electrons. The summed E-state index contributed by atoms with van der Waals surface area (Å²) < 4.78 is 12.1. The second kappa shape index (κ2) is 5.82.